The zero-order valence-electron chi connectivity index (χ0n) is 14.9. The molecule has 0 radical (unpaired) electrons. The van der Waals surface area contributed by atoms with Crippen molar-refractivity contribution < 1.29 is 13.2 Å². The molecule has 0 unspecified atom stereocenters. The van der Waals surface area contributed by atoms with Crippen LogP contribution in [0.25, 0.3) is 0 Å². The average molecular weight is 415 g/mol. The van der Waals surface area contributed by atoms with Crippen LogP contribution in [0, 0.1) is 0 Å². The highest BCUT2D eigenvalue weighted by atomic mass is 35.5. The van der Waals surface area contributed by atoms with Crippen LogP contribution >= 0.6 is 11.6 Å². The molecule has 3 rings (SSSR count). The van der Waals surface area contributed by atoms with E-state index in [9.17, 15) is 13.2 Å². The normalized spacial score (nSPS) is 11.2. The topological polar surface area (TPSA) is 75.3 Å². The van der Waals surface area contributed by atoms with Gasteiger partial charge in [-0.2, -0.15) is 0 Å². The number of rotatable bonds is 7. The Morgan fingerprint density at radius 1 is 0.821 bits per heavy atom. The highest BCUT2D eigenvalue weighted by Gasteiger charge is 2.16. The van der Waals surface area contributed by atoms with Crippen molar-refractivity contribution in [2.24, 2.45) is 0 Å². The van der Waals surface area contributed by atoms with E-state index in [2.05, 4.69) is 10.0 Å². The predicted molar refractivity (Wildman–Crippen MR) is 110 cm³/mol. The highest BCUT2D eigenvalue weighted by molar-refractivity contribution is 7.89. The van der Waals surface area contributed by atoms with Gasteiger partial charge in [0, 0.05) is 23.7 Å². The summed E-state index contributed by atoms with van der Waals surface area (Å²) in [6, 6.07) is 22.3. The molecule has 0 atom stereocenters. The fourth-order valence-corrected chi connectivity index (χ4v) is 3.74. The van der Waals surface area contributed by atoms with E-state index in [0.29, 0.717) is 11.6 Å². The van der Waals surface area contributed by atoms with E-state index in [1.165, 1.54) is 12.1 Å². The average Bonchev–Trinajstić information content (AvgIpc) is 2.72. The third kappa shape index (κ3) is 5.42. The minimum Gasteiger partial charge on any atom is -0.348 e. The molecule has 0 fully saturated rings. The highest BCUT2D eigenvalue weighted by Crippen LogP contribution is 2.13. The predicted octanol–water partition coefficient (Wildman–Crippen LogP) is 3.75. The molecule has 0 aliphatic carbocycles. The lowest BCUT2D eigenvalue weighted by Crippen LogP contribution is -2.25. The standard InChI is InChI=1S/C21H19ClN2O3S/c22-19-11-9-17(10-12-19)14-23-21(25)18-7-4-8-20(13-18)28(26,27)24-15-16-5-2-1-3-6-16/h1-13,24H,14-15H2,(H,23,25). The summed E-state index contributed by atoms with van der Waals surface area (Å²) in [6.45, 7) is 0.495. The van der Waals surface area contributed by atoms with Gasteiger partial charge in [0.05, 0.1) is 4.90 Å². The Hall–Kier alpha value is -2.67. The fourth-order valence-electron chi connectivity index (χ4n) is 2.55. The van der Waals surface area contributed by atoms with Gasteiger partial charge in [0.2, 0.25) is 10.0 Å². The quantitative estimate of drug-likeness (QED) is 0.618. The Morgan fingerprint density at radius 3 is 2.21 bits per heavy atom. The second-order valence-electron chi connectivity index (χ2n) is 6.15. The number of halogens is 1. The van der Waals surface area contributed by atoms with Gasteiger partial charge in [-0.3, -0.25) is 4.79 Å². The first-order chi connectivity index (χ1) is 13.4. The van der Waals surface area contributed by atoms with Crippen LogP contribution in [0.2, 0.25) is 5.02 Å². The van der Waals surface area contributed by atoms with E-state index < -0.39 is 10.0 Å². The number of hydrogen-bond donors (Lipinski definition) is 2. The summed E-state index contributed by atoms with van der Waals surface area (Å²) in [6.07, 6.45) is 0. The van der Waals surface area contributed by atoms with Crippen LogP contribution in [0.15, 0.2) is 83.8 Å². The number of benzene rings is 3. The van der Waals surface area contributed by atoms with Gasteiger partial charge in [-0.15, -0.1) is 0 Å². The van der Waals surface area contributed by atoms with Crippen molar-refractivity contribution in [3.05, 3.63) is 101 Å². The summed E-state index contributed by atoms with van der Waals surface area (Å²) in [5.74, 6) is -0.352. The van der Waals surface area contributed by atoms with E-state index in [0.717, 1.165) is 11.1 Å². The summed E-state index contributed by atoms with van der Waals surface area (Å²) in [4.78, 5) is 12.4. The summed E-state index contributed by atoms with van der Waals surface area (Å²) in [7, 11) is -3.73. The number of nitrogens with one attached hydrogen (secondary N) is 2. The molecule has 0 spiro atoms. The first-order valence-electron chi connectivity index (χ1n) is 8.60. The number of amides is 1. The number of carbonyl (C=O) groups excluding carboxylic acids is 1. The number of hydrogen-bond acceptors (Lipinski definition) is 3. The van der Waals surface area contributed by atoms with Crippen molar-refractivity contribution >= 4 is 27.5 Å². The lowest BCUT2D eigenvalue weighted by atomic mass is 10.2. The van der Waals surface area contributed by atoms with Crippen molar-refractivity contribution in [2.75, 3.05) is 0 Å². The molecule has 5 nitrogen and oxygen atoms in total. The van der Waals surface area contributed by atoms with Crippen LogP contribution < -0.4 is 10.0 Å². The van der Waals surface area contributed by atoms with Crippen molar-refractivity contribution in [1.29, 1.82) is 0 Å². The molecule has 0 bridgehead atoms. The molecule has 2 N–H and O–H groups in total. The molecular formula is C21H19ClN2O3S. The smallest absolute Gasteiger partial charge is 0.251 e. The Balaban J connectivity index is 1.66. The van der Waals surface area contributed by atoms with E-state index in [4.69, 9.17) is 11.6 Å². The SMILES string of the molecule is O=C(NCc1ccc(Cl)cc1)c1cccc(S(=O)(=O)NCc2ccccc2)c1. The van der Waals surface area contributed by atoms with E-state index >= 15 is 0 Å². The molecule has 3 aromatic carbocycles. The lowest BCUT2D eigenvalue weighted by molar-refractivity contribution is 0.0950. The molecular weight excluding hydrogens is 396 g/mol. The van der Waals surface area contributed by atoms with Gasteiger partial charge in [-0.1, -0.05) is 60.1 Å². The lowest BCUT2D eigenvalue weighted by Gasteiger charge is -2.09. The van der Waals surface area contributed by atoms with Crippen LogP contribution in [0.4, 0.5) is 0 Å². The molecule has 0 aromatic heterocycles. The van der Waals surface area contributed by atoms with Crippen molar-refractivity contribution in [3.63, 3.8) is 0 Å². The zero-order chi connectivity index (χ0) is 20.0. The monoisotopic (exact) mass is 414 g/mol. The molecule has 0 aliphatic rings. The van der Waals surface area contributed by atoms with Gasteiger partial charge in [-0.25, -0.2) is 13.1 Å². The first kappa shape index (κ1) is 20.1. The Labute approximate surface area is 169 Å². The molecule has 0 aliphatic heterocycles. The molecule has 0 saturated carbocycles. The molecule has 0 heterocycles. The maximum atomic E-state index is 12.5. The Morgan fingerprint density at radius 2 is 1.50 bits per heavy atom. The van der Waals surface area contributed by atoms with E-state index in [-0.39, 0.29) is 22.9 Å². The fraction of sp³-hybridized carbons (Fsp3) is 0.0952. The Bertz CT molecular complexity index is 1050. The minimum absolute atomic E-state index is 0.0441. The summed E-state index contributed by atoms with van der Waals surface area (Å²) in [5, 5.41) is 3.40. The van der Waals surface area contributed by atoms with Crippen LogP contribution in [-0.4, -0.2) is 14.3 Å². The van der Waals surface area contributed by atoms with Gasteiger partial charge in [0.25, 0.3) is 5.91 Å². The van der Waals surface area contributed by atoms with Gasteiger partial charge < -0.3 is 5.32 Å². The molecule has 28 heavy (non-hydrogen) atoms. The molecule has 7 heteroatoms. The zero-order valence-corrected chi connectivity index (χ0v) is 16.5. The summed E-state index contributed by atoms with van der Waals surface area (Å²) in [5.41, 5.74) is 2.02. The largest absolute Gasteiger partial charge is 0.348 e. The third-order valence-corrected chi connectivity index (χ3v) is 5.73. The number of carbonyl (C=O) groups is 1. The maximum absolute atomic E-state index is 12.5. The number of sulfonamides is 1. The minimum atomic E-state index is -3.73. The third-order valence-electron chi connectivity index (χ3n) is 4.08. The van der Waals surface area contributed by atoms with Crippen LogP contribution in [0.3, 0.4) is 0 Å². The summed E-state index contributed by atoms with van der Waals surface area (Å²) < 4.78 is 27.6. The van der Waals surface area contributed by atoms with Gasteiger partial charge >= 0.3 is 0 Å². The second-order valence-corrected chi connectivity index (χ2v) is 8.35. The van der Waals surface area contributed by atoms with Crippen molar-refractivity contribution in [2.45, 2.75) is 18.0 Å². The maximum Gasteiger partial charge on any atom is 0.251 e. The Kier molecular flexibility index (Phi) is 6.46. The van der Waals surface area contributed by atoms with Gasteiger partial charge in [-0.05, 0) is 41.5 Å². The van der Waals surface area contributed by atoms with E-state index in [1.807, 2.05) is 42.5 Å². The van der Waals surface area contributed by atoms with Crippen molar-refractivity contribution in [3.8, 4) is 0 Å². The molecule has 3 aromatic rings. The van der Waals surface area contributed by atoms with Crippen LogP contribution in [0.1, 0.15) is 21.5 Å². The van der Waals surface area contributed by atoms with Crippen LogP contribution in [-0.2, 0) is 23.1 Å². The molecule has 1 amide bonds. The first-order valence-corrected chi connectivity index (χ1v) is 10.5. The van der Waals surface area contributed by atoms with Crippen molar-refractivity contribution in [1.82, 2.24) is 10.0 Å². The summed E-state index contributed by atoms with van der Waals surface area (Å²) >= 11 is 5.85. The molecule has 0 saturated heterocycles. The van der Waals surface area contributed by atoms with Crippen LogP contribution in [0.5, 0.6) is 0 Å². The molecule has 144 valence electrons. The van der Waals surface area contributed by atoms with Gasteiger partial charge in [0.15, 0.2) is 0 Å². The second kappa shape index (κ2) is 9.01. The van der Waals surface area contributed by atoms with Gasteiger partial charge in [0.1, 0.15) is 0 Å². The van der Waals surface area contributed by atoms with E-state index in [1.54, 1.807) is 24.3 Å².